The van der Waals surface area contributed by atoms with Crippen LogP contribution in [0.15, 0.2) is 54.6 Å². The van der Waals surface area contributed by atoms with E-state index in [1.807, 2.05) is 6.92 Å². The number of nitrogens with one attached hydrogen (secondary N) is 1. The molecule has 0 heterocycles. The lowest BCUT2D eigenvalue weighted by Gasteiger charge is -2.15. The van der Waals surface area contributed by atoms with Crippen LogP contribution in [0.3, 0.4) is 0 Å². The van der Waals surface area contributed by atoms with E-state index >= 15 is 0 Å². The van der Waals surface area contributed by atoms with E-state index in [-0.39, 0.29) is 17.7 Å². The number of anilines is 1. The number of hydrogen-bond donors (Lipinski definition) is 2. The maximum absolute atomic E-state index is 14.0. The average Bonchev–Trinajstić information content (AvgIpc) is 2.68. The maximum atomic E-state index is 14.0. The van der Waals surface area contributed by atoms with Crippen molar-refractivity contribution in [3.63, 3.8) is 0 Å². The van der Waals surface area contributed by atoms with Gasteiger partial charge in [0.25, 0.3) is 0 Å². The number of halogens is 3. The van der Waals surface area contributed by atoms with Gasteiger partial charge >= 0.3 is 5.97 Å². The Hall–Kier alpha value is -2.76. The van der Waals surface area contributed by atoms with Gasteiger partial charge in [0.05, 0.1) is 10.6 Å². The van der Waals surface area contributed by atoms with Gasteiger partial charge in [-0.05, 0) is 55.0 Å². The number of benzene rings is 3. The first kappa shape index (κ1) is 21.0. The van der Waals surface area contributed by atoms with Crippen LogP contribution in [0.2, 0.25) is 10.0 Å². The second-order valence-electron chi connectivity index (χ2n) is 6.43. The molecule has 29 heavy (non-hydrogen) atoms. The van der Waals surface area contributed by atoms with Crippen LogP contribution < -0.4 is 10.1 Å². The summed E-state index contributed by atoms with van der Waals surface area (Å²) in [6.07, 6.45) is 0. The Morgan fingerprint density at radius 2 is 1.93 bits per heavy atom. The smallest absolute Gasteiger partial charge is 0.335 e. The van der Waals surface area contributed by atoms with Crippen LogP contribution in [0, 0.1) is 12.7 Å². The van der Waals surface area contributed by atoms with Crippen molar-refractivity contribution in [1.29, 1.82) is 0 Å². The summed E-state index contributed by atoms with van der Waals surface area (Å²) >= 11 is 12.2. The van der Waals surface area contributed by atoms with Gasteiger partial charge in [0.1, 0.15) is 18.2 Å². The van der Waals surface area contributed by atoms with Crippen molar-refractivity contribution >= 4 is 34.9 Å². The summed E-state index contributed by atoms with van der Waals surface area (Å²) in [6.45, 7) is 2.18. The van der Waals surface area contributed by atoms with Crippen molar-refractivity contribution in [3.05, 3.63) is 92.7 Å². The Bertz CT molecular complexity index is 1040. The van der Waals surface area contributed by atoms with Crippen LogP contribution in [0.25, 0.3) is 0 Å². The Kier molecular flexibility index (Phi) is 6.62. The van der Waals surface area contributed by atoms with Crippen LogP contribution in [0.1, 0.15) is 27.0 Å². The fraction of sp³-hybridized carbons (Fsp3) is 0.136. The highest BCUT2D eigenvalue weighted by molar-refractivity contribution is 6.31. The van der Waals surface area contributed by atoms with E-state index in [1.54, 1.807) is 42.5 Å². The van der Waals surface area contributed by atoms with E-state index in [9.17, 15) is 14.3 Å². The van der Waals surface area contributed by atoms with Crippen molar-refractivity contribution in [1.82, 2.24) is 0 Å². The Balaban J connectivity index is 1.79. The molecule has 3 rings (SSSR count). The summed E-state index contributed by atoms with van der Waals surface area (Å²) in [5.74, 6) is -0.915. The first-order valence-corrected chi connectivity index (χ1v) is 9.52. The van der Waals surface area contributed by atoms with Crippen LogP contribution in [0.5, 0.6) is 5.75 Å². The van der Waals surface area contributed by atoms with E-state index in [0.717, 1.165) is 11.1 Å². The second kappa shape index (κ2) is 9.16. The molecule has 0 saturated carbocycles. The van der Waals surface area contributed by atoms with Crippen LogP contribution in [-0.2, 0) is 13.2 Å². The molecule has 0 saturated heterocycles. The van der Waals surface area contributed by atoms with E-state index in [2.05, 4.69) is 5.32 Å². The minimum Gasteiger partial charge on any atom is -0.488 e. The summed E-state index contributed by atoms with van der Waals surface area (Å²) in [5, 5.41) is 13.2. The molecule has 7 heteroatoms. The molecule has 0 amide bonds. The first-order chi connectivity index (χ1) is 13.8. The number of aromatic carboxylic acids is 1. The van der Waals surface area contributed by atoms with Crippen molar-refractivity contribution in [3.8, 4) is 5.75 Å². The van der Waals surface area contributed by atoms with Crippen LogP contribution in [-0.4, -0.2) is 11.1 Å². The number of ether oxygens (including phenoxy) is 1. The average molecular weight is 434 g/mol. The molecule has 0 atom stereocenters. The first-order valence-electron chi connectivity index (χ1n) is 8.77. The molecule has 3 aromatic carbocycles. The zero-order valence-electron chi connectivity index (χ0n) is 15.5. The number of carboxylic acids is 1. The summed E-state index contributed by atoms with van der Waals surface area (Å²) in [4.78, 5) is 11.2. The van der Waals surface area contributed by atoms with Gasteiger partial charge in [-0.25, -0.2) is 9.18 Å². The van der Waals surface area contributed by atoms with Crippen LogP contribution in [0.4, 0.5) is 10.1 Å². The molecule has 150 valence electrons. The van der Waals surface area contributed by atoms with Crippen molar-refractivity contribution in [2.45, 2.75) is 20.1 Å². The molecular weight excluding hydrogens is 416 g/mol. The maximum Gasteiger partial charge on any atom is 0.335 e. The lowest BCUT2D eigenvalue weighted by atomic mass is 10.1. The number of rotatable bonds is 7. The third-order valence-electron chi connectivity index (χ3n) is 4.41. The van der Waals surface area contributed by atoms with Gasteiger partial charge in [-0.3, -0.25) is 0 Å². The Morgan fingerprint density at radius 3 is 2.66 bits per heavy atom. The lowest BCUT2D eigenvalue weighted by molar-refractivity contribution is 0.0697. The highest BCUT2D eigenvalue weighted by Crippen LogP contribution is 2.27. The fourth-order valence-electron chi connectivity index (χ4n) is 2.78. The Labute approximate surface area is 177 Å². The van der Waals surface area contributed by atoms with Crippen molar-refractivity contribution < 1.29 is 19.0 Å². The lowest BCUT2D eigenvalue weighted by Crippen LogP contribution is -2.07. The summed E-state index contributed by atoms with van der Waals surface area (Å²) < 4.78 is 19.8. The van der Waals surface area contributed by atoms with Gasteiger partial charge in [0.15, 0.2) is 0 Å². The molecule has 0 aliphatic heterocycles. The topological polar surface area (TPSA) is 58.6 Å². The summed E-state index contributed by atoms with van der Waals surface area (Å²) in [7, 11) is 0. The van der Waals surface area contributed by atoms with E-state index in [0.29, 0.717) is 28.0 Å². The molecule has 0 unspecified atom stereocenters. The molecule has 3 aromatic rings. The molecule has 0 bridgehead atoms. The molecule has 0 aliphatic carbocycles. The number of carbonyl (C=O) groups is 1. The van der Waals surface area contributed by atoms with Crippen LogP contribution >= 0.6 is 23.2 Å². The monoisotopic (exact) mass is 433 g/mol. The SMILES string of the molecule is Cc1ccc(C(=O)O)cc1NCc1cc(Cl)ccc1OCc1c(F)cccc1Cl. The molecule has 0 fully saturated rings. The minimum absolute atomic E-state index is 0.0341. The standard InChI is InChI=1S/C22H18Cl2FNO3/c1-13-5-6-14(22(27)28)10-20(13)26-11-15-9-16(23)7-8-21(15)29-12-17-18(24)3-2-4-19(17)25/h2-10,26H,11-12H2,1H3,(H,27,28). The second-order valence-corrected chi connectivity index (χ2v) is 7.27. The number of aryl methyl sites for hydroxylation is 1. The van der Waals surface area contributed by atoms with E-state index in [4.69, 9.17) is 27.9 Å². The molecule has 0 aliphatic rings. The normalized spacial score (nSPS) is 10.6. The predicted molar refractivity (Wildman–Crippen MR) is 113 cm³/mol. The quantitative estimate of drug-likeness (QED) is 0.456. The Morgan fingerprint density at radius 1 is 1.14 bits per heavy atom. The number of carboxylic acid groups (broad SMARTS) is 1. The zero-order valence-corrected chi connectivity index (χ0v) is 17.0. The van der Waals surface area contributed by atoms with Gasteiger partial charge in [-0.2, -0.15) is 0 Å². The highest BCUT2D eigenvalue weighted by atomic mass is 35.5. The highest BCUT2D eigenvalue weighted by Gasteiger charge is 2.12. The largest absolute Gasteiger partial charge is 0.488 e. The van der Waals surface area contributed by atoms with Crippen molar-refractivity contribution in [2.24, 2.45) is 0 Å². The van der Waals surface area contributed by atoms with E-state index < -0.39 is 11.8 Å². The molecule has 2 N–H and O–H groups in total. The van der Waals surface area contributed by atoms with Gasteiger partial charge < -0.3 is 15.2 Å². The van der Waals surface area contributed by atoms with Gasteiger partial charge in [0.2, 0.25) is 0 Å². The van der Waals surface area contributed by atoms with E-state index in [1.165, 1.54) is 12.1 Å². The van der Waals surface area contributed by atoms with Gasteiger partial charge in [-0.1, -0.05) is 35.3 Å². The third kappa shape index (κ3) is 5.19. The molecule has 0 spiro atoms. The summed E-state index contributed by atoms with van der Waals surface area (Å²) in [6, 6.07) is 14.4. The molecular formula is C22H18Cl2FNO3. The van der Waals surface area contributed by atoms with Crippen molar-refractivity contribution in [2.75, 3.05) is 5.32 Å². The predicted octanol–water partition coefficient (Wildman–Crippen LogP) is 6.33. The summed E-state index contributed by atoms with van der Waals surface area (Å²) in [5.41, 5.74) is 2.79. The zero-order chi connectivity index (χ0) is 21.0. The van der Waals surface area contributed by atoms with Gasteiger partial charge in [-0.15, -0.1) is 0 Å². The number of hydrogen-bond acceptors (Lipinski definition) is 3. The molecule has 0 radical (unpaired) electrons. The third-order valence-corrected chi connectivity index (χ3v) is 5.00. The van der Waals surface area contributed by atoms with Gasteiger partial charge in [0, 0.05) is 28.4 Å². The molecule has 0 aromatic heterocycles. The fourth-order valence-corrected chi connectivity index (χ4v) is 3.20. The minimum atomic E-state index is -0.999. The molecule has 4 nitrogen and oxygen atoms in total.